The second-order valence-corrected chi connectivity index (χ2v) is 6.00. The molecule has 0 spiro atoms. The molecule has 1 aliphatic rings. The zero-order valence-electron chi connectivity index (χ0n) is 11.7. The molecule has 0 radical (unpaired) electrons. The van der Waals surface area contributed by atoms with Crippen LogP contribution in [0.25, 0.3) is 0 Å². The van der Waals surface area contributed by atoms with Crippen molar-refractivity contribution in [3.63, 3.8) is 0 Å². The van der Waals surface area contributed by atoms with Crippen molar-refractivity contribution < 1.29 is 4.79 Å². The molecule has 0 unspecified atom stereocenters. The van der Waals surface area contributed by atoms with Crippen LogP contribution in [-0.2, 0) is 4.79 Å². The second kappa shape index (κ2) is 7.55. The Bertz CT molecular complexity index is 496. The fourth-order valence-electron chi connectivity index (χ4n) is 2.28. The van der Waals surface area contributed by atoms with Gasteiger partial charge in [-0.05, 0) is 50.6 Å². The second-order valence-electron chi connectivity index (χ2n) is 5.08. The summed E-state index contributed by atoms with van der Waals surface area (Å²) in [7, 11) is 0. The average Bonchev–Trinajstić information content (AvgIpc) is 2.46. The Kier molecular flexibility index (Phi) is 5.73. The predicted molar refractivity (Wildman–Crippen MR) is 84.8 cm³/mol. The maximum Gasteiger partial charge on any atom is 0.254 e. The van der Waals surface area contributed by atoms with Gasteiger partial charge in [0.05, 0.1) is 12.3 Å². The number of hydrogen-bond donors (Lipinski definition) is 1. The molecule has 4 nitrogen and oxygen atoms in total. The van der Waals surface area contributed by atoms with E-state index in [1.165, 1.54) is 19.3 Å². The highest BCUT2D eigenvalue weighted by Gasteiger charge is 2.13. The summed E-state index contributed by atoms with van der Waals surface area (Å²) in [5.41, 5.74) is 4.44. The Labute approximate surface area is 128 Å². The smallest absolute Gasteiger partial charge is 0.254 e. The maximum absolute atomic E-state index is 11.8. The summed E-state index contributed by atoms with van der Waals surface area (Å²) < 4.78 is 1.00. The number of rotatable bonds is 4. The van der Waals surface area contributed by atoms with Gasteiger partial charge in [0.2, 0.25) is 0 Å². The molecule has 5 heteroatoms. The molecule has 1 fully saturated rings. The number of nitrogens with one attached hydrogen (secondary N) is 1. The van der Waals surface area contributed by atoms with Gasteiger partial charge in [-0.15, -0.1) is 0 Å². The molecule has 1 N–H and O–H groups in total. The van der Waals surface area contributed by atoms with Gasteiger partial charge < -0.3 is 0 Å². The summed E-state index contributed by atoms with van der Waals surface area (Å²) in [6.45, 7) is 4.36. The molecule has 0 saturated carbocycles. The van der Waals surface area contributed by atoms with Crippen LogP contribution >= 0.6 is 15.9 Å². The lowest BCUT2D eigenvalue weighted by Gasteiger charge is -2.25. The van der Waals surface area contributed by atoms with Gasteiger partial charge in [-0.1, -0.05) is 34.5 Å². The first-order chi connectivity index (χ1) is 9.65. The Hall–Kier alpha value is -1.20. The topological polar surface area (TPSA) is 44.7 Å². The first kappa shape index (κ1) is 15.2. The predicted octanol–water partition coefficient (Wildman–Crippen LogP) is 2.78. The summed E-state index contributed by atoms with van der Waals surface area (Å²) in [5.74, 6) is -0.0405. The van der Waals surface area contributed by atoms with Gasteiger partial charge >= 0.3 is 0 Å². The highest BCUT2D eigenvalue weighted by molar-refractivity contribution is 9.10. The Morgan fingerprint density at radius 3 is 2.80 bits per heavy atom. The van der Waals surface area contributed by atoms with Crippen molar-refractivity contribution in [1.29, 1.82) is 0 Å². The standard InChI is InChI=1S/C15H20BrN3O/c1-12(13-6-5-7-14(16)10-13)17-18-15(20)11-19-8-3-2-4-9-19/h5-7,10H,2-4,8-9,11H2,1H3,(H,18,20)/b17-12-. The molecule has 1 amide bonds. The van der Waals surface area contributed by atoms with Gasteiger partial charge in [0.1, 0.15) is 0 Å². The van der Waals surface area contributed by atoms with Crippen LogP contribution in [-0.4, -0.2) is 36.2 Å². The van der Waals surface area contributed by atoms with Gasteiger partial charge in [0, 0.05) is 4.47 Å². The molecule has 1 aromatic rings. The lowest BCUT2D eigenvalue weighted by atomic mass is 10.1. The van der Waals surface area contributed by atoms with E-state index in [0.29, 0.717) is 6.54 Å². The largest absolute Gasteiger partial charge is 0.294 e. The molecule has 20 heavy (non-hydrogen) atoms. The number of likely N-dealkylation sites (tertiary alicyclic amines) is 1. The van der Waals surface area contributed by atoms with Gasteiger partial charge in [-0.2, -0.15) is 5.10 Å². The van der Waals surface area contributed by atoms with Crippen molar-refractivity contribution in [2.45, 2.75) is 26.2 Å². The van der Waals surface area contributed by atoms with Crippen molar-refractivity contribution in [2.24, 2.45) is 5.10 Å². The van der Waals surface area contributed by atoms with E-state index in [9.17, 15) is 4.79 Å². The zero-order chi connectivity index (χ0) is 14.4. The van der Waals surface area contributed by atoms with E-state index >= 15 is 0 Å². The van der Waals surface area contributed by atoms with Crippen molar-refractivity contribution in [3.8, 4) is 0 Å². The van der Waals surface area contributed by atoms with Crippen molar-refractivity contribution in [1.82, 2.24) is 10.3 Å². The third-order valence-corrected chi connectivity index (χ3v) is 3.90. The number of nitrogens with zero attached hydrogens (tertiary/aromatic N) is 2. The number of hydrazone groups is 1. The van der Waals surface area contributed by atoms with E-state index < -0.39 is 0 Å². The molecule has 1 heterocycles. The van der Waals surface area contributed by atoms with Crippen molar-refractivity contribution in [2.75, 3.05) is 19.6 Å². The lowest BCUT2D eigenvalue weighted by molar-refractivity contribution is -0.122. The SMILES string of the molecule is C/C(=N/NC(=O)CN1CCCCC1)c1cccc(Br)c1. The molecular weight excluding hydrogens is 318 g/mol. The molecule has 1 aromatic carbocycles. The number of carbonyl (C=O) groups excluding carboxylic acids is 1. The van der Waals surface area contributed by atoms with Gasteiger partial charge in [-0.3, -0.25) is 9.69 Å². The minimum Gasteiger partial charge on any atom is -0.294 e. The summed E-state index contributed by atoms with van der Waals surface area (Å²) in [6, 6.07) is 7.87. The minimum atomic E-state index is -0.0405. The van der Waals surface area contributed by atoms with Crippen LogP contribution in [0, 0.1) is 0 Å². The molecule has 0 aliphatic carbocycles. The average molecular weight is 338 g/mol. The van der Waals surface area contributed by atoms with E-state index in [-0.39, 0.29) is 5.91 Å². The molecule has 0 atom stereocenters. The third-order valence-electron chi connectivity index (χ3n) is 3.41. The summed E-state index contributed by atoms with van der Waals surface area (Å²) in [5, 5.41) is 4.17. The highest BCUT2D eigenvalue weighted by Crippen LogP contribution is 2.12. The van der Waals surface area contributed by atoms with E-state index in [2.05, 4.69) is 31.4 Å². The minimum absolute atomic E-state index is 0.0405. The molecule has 1 saturated heterocycles. The van der Waals surface area contributed by atoms with Crippen LogP contribution in [0.5, 0.6) is 0 Å². The lowest BCUT2D eigenvalue weighted by Crippen LogP contribution is -2.38. The molecule has 0 aromatic heterocycles. The Morgan fingerprint density at radius 2 is 2.10 bits per heavy atom. The summed E-state index contributed by atoms with van der Waals surface area (Å²) in [6.07, 6.45) is 3.65. The van der Waals surface area contributed by atoms with E-state index in [1.54, 1.807) is 0 Å². The number of amides is 1. The number of halogens is 1. The number of benzene rings is 1. The number of piperidine rings is 1. The van der Waals surface area contributed by atoms with Crippen LogP contribution in [0.15, 0.2) is 33.8 Å². The van der Waals surface area contributed by atoms with E-state index in [0.717, 1.165) is 28.8 Å². The fourth-order valence-corrected chi connectivity index (χ4v) is 2.68. The van der Waals surface area contributed by atoms with Gasteiger partial charge in [0.25, 0.3) is 5.91 Å². The zero-order valence-corrected chi connectivity index (χ0v) is 13.3. The first-order valence-corrected chi connectivity index (χ1v) is 7.76. The van der Waals surface area contributed by atoms with Crippen molar-refractivity contribution in [3.05, 3.63) is 34.3 Å². The van der Waals surface area contributed by atoms with Crippen LogP contribution in [0.1, 0.15) is 31.7 Å². The quantitative estimate of drug-likeness (QED) is 0.678. The van der Waals surface area contributed by atoms with Gasteiger partial charge in [-0.25, -0.2) is 5.43 Å². The maximum atomic E-state index is 11.8. The third kappa shape index (κ3) is 4.72. The van der Waals surface area contributed by atoms with Crippen LogP contribution in [0.2, 0.25) is 0 Å². The molecule has 0 bridgehead atoms. The van der Waals surface area contributed by atoms with Crippen molar-refractivity contribution >= 4 is 27.5 Å². The summed E-state index contributed by atoms with van der Waals surface area (Å²) >= 11 is 3.43. The highest BCUT2D eigenvalue weighted by atomic mass is 79.9. The number of hydrogen-bond acceptors (Lipinski definition) is 3. The Balaban J connectivity index is 1.86. The monoisotopic (exact) mass is 337 g/mol. The summed E-state index contributed by atoms with van der Waals surface area (Å²) in [4.78, 5) is 14.0. The van der Waals surface area contributed by atoms with Crippen LogP contribution in [0.3, 0.4) is 0 Å². The van der Waals surface area contributed by atoms with E-state index in [4.69, 9.17) is 0 Å². The number of carbonyl (C=O) groups is 1. The van der Waals surface area contributed by atoms with Crippen LogP contribution < -0.4 is 5.43 Å². The van der Waals surface area contributed by atoms with Gasteiger partial charge in [0.15, 0.2) is 0 Å². The molecule has 1 aliphatic heterocycles. The molecular formula is C15H20BrN3O. The molecule has 2 rings (SSSR count). The molecule has 108 valence electrons. The first-order valence-electron chi connectivity index (χ1n) is 6.96. The Morgan fingerprint density at radius 1 is 1.35 bits per heavy atom. The fraction of sp³-hybridized carbons (Fsp3) is 0.467. The normalized spacial score (nSPS) is 17.0. The van der Waals surface area contributed by atoms with Crippen LogP contribution in [0.4, 0.5) is 0 Å². The van der Waals surface area contributed by atoms with E-state index in [1.807, 2.05) is 31.2 Å².